The number of carbonyl (C=O) groups excluding carboxylic acids is 2. The first-order valence-corrected chi connectivity index (χ1v) is 11.3. The molecule has 0 aliphatic carbocycles. The Balaban J connectivity index is 1.38. The molecule has 5 N–H and O–H groups in total. The summed E-state index contributed by atoms with van der Waals surface area (Å²) < 4.78 is 4.48. The van der Waals surface area contributed by atoms with Gasteiger partial charge in [0, 0.05) is 30.9 Å². The molecule has 1 atom stereocenters. The van der Waals surface area contributed by atoms with Crippen LogP contribution in [0.15, 0.2) is 57.2 Å². The molecule has 1 unspecified atom stereocenters. The topological polar surface area (TPSA) is 175 Å². The second-order valence-corrected chi connectivity index (χ2v) is 8.60. The number of aliphatic imine (C=N–C) groups is 1. The summed E-state index contributed by atoms with van der Waals surface area (Å²) in [6, 6.07) is 11.8. The second kappa shape index (κ2) is 10.9. The van der Waals surface area contributed by atoms with Crippen molar-refractivity contribution in [3.05, 3.63) is 64.7 Å². The number of aromatic nitrogens is 2. The maximum atomic E-state index is 12.9. The zero-order valence-corrected chi connectivity index (χ0v) is 20.0. The summed E-state index contributed by atoms with van der Waals surface area (Å²) in [5.41, 5.74) is 17.6. The lowest BCUT2D eigenvalue weighted by Gasteiger charge is -2.25. The number of nitrogens with zero attached hydrogens (tertiary/aromatic N) is 5. The van der Waals surface area contributed by atoms with Crippen LogP contribution < -0.4 is 16.4 Å². The number of hydrogen-bond acceptors (Lipinski definition) is 10. The van der Waals surface area contributed by atoms with Crippen LogP contribution in [0.25, 0.3) is 0 Å². The minimum atomic E-state index is -1.17. The highest BCUT2D eigenvalue weighted by Gasteiger charge is 2.22. The molecule has 1 aliphatic heterocycles. The SMILES string of the molecule is CC(=Nc1nonc1N)C(N=N)C(=O)NCc1cccc(C(=O)Nc2ccc3c(c2)CN(C)CC3)c1. The molecular formula is C24H27N9O3. The molecule has 2 heterocycles. The van der Waals surface area contributed by atoms with Crippen molar-refractivity contribution < 1.29 is 14.2 Å². The number of hydrogen-bond donors (Lipinski definition) is 4. The predicted octanol–water partition coefficient (Wildman–Crippen LogP) is 2.70. The van der Waals surface area contributed by atoms with E-state index < -0.39 is 11.9 Å². The first kappa shape index (κ1) is 24.7. The van der Waals surface area contributed by atoms with Crippen molar-refractivity contribution in [2.75, 3.05) is 24.6 Å². The lowest BCUT2D eigenvalue weighted by Crippen LogP contribution is -2.37. The highest BCUT2D eigenvalue weighted by molar-refractivity contribution is 6.08. The Labute approximate surface area is 207 Å². The van der Waals surface area contributed by atoms with E-state index in [0.717, 1.165) is 25.2 Å². The highest BCUT2D eigenvalue weighted by Crippen LogP contribution is 2.22. The number of anilines is 2. The number of benzene rings is 2. The van der Waals surface area contributed by atoms with E-state index in [1.54, 1.807) is 24.3 Å². The van der Waals surface area contributed by atoms with E-state index in [9.17, 15) is 9.59 Å². The third-order valence-corrected chi connectivity index (χ3v) is 5.87. The van der Waals surface area contributed by atoms with Gasteiger partial charge in [0.15, 0.2) is 6.04 Å². The van der Waals surface area contributed by atoms with Crippen molar-refractivity contribution in [3.8, 4) is 0 Å². The molecule has 0 bridgehead atoms. The van der Waals surface area contributed by atoms with E-state index in [2.05, 4.69) is 53.7 Å². The van der Waals surface area contributed by atoms with Gasteiger partial charge in [-0.2, -0.15) is 5.11 Å². The summed E-state index contributed by atoms with van der Waals surface area (Å²) in [4.78, 5) is 31.8. The van der Waals surface area contributed by atoms with Gasteiger partial charge >= 0.3 is 0 Å². The van der Waals surface area contributed by atoms with Crippen molar-refractivity contribution in [1.29, 1.82) is 5.53 Å². The summed E-state index contributed by atoms with van der Waals surface area (Å²) >= 11 is 0. The van der Waals surface area contributed by atoms with Gasteiger partial charge in [0.1, 0.15) is 0 Å². The van der Waals surface area contributed by atoms with Gasteiger partial charge in [0.25, 0.3) is 11.8 Å². The second-order valence-electron chi connectivity index (χ2n) is 8.60. The third kappa shape index (κ3) is 5.78. The number of rotatable bonds is 8. The molecule has 1 aliphatic rings. The van der Waals surface area contributed by atoms with Crippen LogP contribution in [0, 0.1) is 5.53 Å². The van der Waals surface area contributed by atoms with Gasteiger partial charge in [-0.3, -0.25) is 9.59 Å². The molecule has 12 nitrogen and oxygen atoms in total. The van der Waals surface area contributed by atoms with E-state index in [4.69, 9.17) is 11.3 Å². The van der Waals surface area contributed by atoms with E-state index in [1.165, 1.54) is 18.1 Å². The number of nitrogen functional groups attached to an aromatic ring is 1. The van der Waals surface area contributed by atoms with Crippen molar-refractivity contribution in [3.63, 3.8) is 0 Å². The molecule has 0 saturated carbocycles. The molecule has 3 aromatic rings. The van der Waals surface area contributed by atoms with E-state index >= 15 is 0 Å². The van der Waals surface area contributed by atoms with Crippen LogP contribution in [0.4, 0.5) is 17.3 Å². The van der Waals surface area contributed by atoms with Crippen molar-refractivity contribution in [2.24, 2.45) is 10.1 Å². The molecule has 0 radical (unpaired) electrons. The minimum Gasteiger partial charge on any atom is -0.378 e. The summed E-state index contributed by atoms with van der Waals surface area (Å²) in [5, 5.41) is 16.0. The Morgan fingerprint density at radius 2 is 2.06 bits per heavy atom. The molecule has 2 aromatic carbocycles. The van der Waals surface area contributed by atoms with Gasteiger partial charge < -0.3 is 21.3 Å². The van der Waals surface area contributed by atoms with Gasteiger partial charge in [-0.05, 0) is 71.7 Å². The summed E-state index contributed by atoms with van der Waals surface area (Å²) in [5.74, 6) is -0.793. The summed E-state index contributed by atoms with van der Waals surface area (Å²) in [6.45, 7) is 3.55. The summed E-state index contributed by atoms with van der Waals surface area (Å²) in [6.07, 6.45) is 0.999. The zero-order valence-electron chi connectivity index (χ0n) is 20.0. The highest BCUT2D eigenvalue weighted by atomic mass is 16.6. The normalized spacial score (nSPS) is 14.6. The molecule has 186 valence electrons. The molecule has 0 fully saturated rings. The van der Waals surface area contributed by atoms with Gasteiger partial charge in [-0.15, -0.1) is 0 Å². The van der Waals surface area contributed by atoms with Crippen LogP contribution in [-0.4, -0.2) is 52.4 Å². The van der Waals surface area contributed by atoms with E-state index in [1.807, 2.05) is 12.1 Å². The first-order valence-electron chi connectivity index (χ1n) is 11.3. The predicted molar refractivity (Wildman–Crippen MR) is 133 cm³/mol. The maximum absolute atomic E-state index is 12.9. The maximum Gasteiger partial charge on any atom is 0.255 e. The lowest BCUT2D eigenvalue weighted by molar-refractivity contribution is -0.121. The quantitative estimate of drug-likeness (QED) is 0.278. The van der Waals surface area contributed by atoms with Crippen LogP contribution in [-0.2, 0) is 24.3 Å². The Morgan fingerprint density at radius 1 is 1.22 bits per heavy atom. The average Bonchev–Trinajstić information content (AvgIpc) is 3.27. The average molecular weight is 490 g/mol. The number of amides is 2. The fourth-order valence-corrected chi connectivity index (χ4v) is 3.93. The van der Waals surface area contributed by atoms with E-state index in [-0.39, 0.29) is 29.8 Å². The van der Waals surface area contributed by atoms with Gasteiger partial charge in [-0.25, -0.2) is 15.2 Å². The van der Waals surface area contributed by atoms with Crippen LogP contribution in [0.2, 0.25) is 0 Å². The number of fused-ring (bicyclic) bond motifs is 1. The summed E-state index contributed by atoms with van der Waals surface area (Å²) in [7, 11) is 2.08. The van der Waals surface area contributed by atoms with Crippen LogP contribution >= 0.6 is 0 Å². The molecule has 12 heteroatoms. The fourth-order valence-electron chi connectivity index (χ4n) is 3.93. The Morgan fingerprint density at radius 3 is 2.81 bits per heavy atom. The van der Waals surface area contributed by atoms with Gasteiger partial charge in [-0.1, -0.05) is 18.2 Å². The standard InChI is InChI=1S/C24H27N9O3/c1-14(28-22-21(25)31-36-32-22)20(30-26)24(35)27-12-15-4-3-5-17(10-15)23(34)29-19-7-6-16-8-9-33(2)13-18(16)11-19/h3-7,10-11,20,26H,8-9,12-13H2,1-2H3,(H2,25,31)(H,27,35)(H,29,34). The van der Waals surface area contributed by atoms with Crippen LogP contribution in [0.3, 0.4) is 0 Å². The molecule has 0 spiro atoms. The molecule has 36 heavy (non-hydrogen) atoms. The minimum absolute atomic E-state index is 0.0126. The van der Waals surface area contributed by atoms with Crippen molar-refractivity contribution >= 4 is 34.8 Å². The number of likely N-dealkylation sites (N-methyl/N-ethyl adjacent to an activating group) is 1. The van der Waals surface area contributed by atoms with Gasteiger partial charge in [0.2, 0.25) is 11.6 Å². The first-order chi connectivity index (χ1) is 17.3. The lowest BCUT2D eigenvalue weighted by atomic mass is 9.99. The third-order valence-electron chi connectivity index (χ3n) is 5.87. The van der Waals surface area contributed by atoms with Crippen LogP contribution in [0.1, 0.15) is 34.0 Å². The smallest absolute Gasteiger partial charge is 0.255 e. The van der Waals surface area contributed by atoms with Crippen LogP contribution in [0.5, 0.6) is 0 Å². The Hall–Kier alpha value is -4.45. The monoisotopic (exact) mass is 489 g/mol. The van der Waals surface area contributed by atoms with Crippen molar-refractivity contribution in [1.82, 2.24) is 20.5 Å². The van der Waals surface area contributed by atoms with Gasteiger partial charge in [0.05, 0.1) is 5.71 Å². The number of carbonyl (C=O) groups is 2. The largest absolute Gasteiger partial charge is 0.378 e. The fraction of sp³-hybridized carbons (Fsp3) is 0.292. The number of nitrogens with two attached hydrogens (primary N) is 1. The molecule has 4 rings (SSSR count). The Bertz CT molecular complexity index is 1320. The molecular weight excluding hydrogens is 462 g/mol. The van der Waals surface area contributed by atoms with E-state index in [0.29, 0.717) is 11.1 Å². The molecule has 0 saturated heterocycles. The molecule has 2 amide bonds. The zero-order chi connectivity index (χ0) is 25.7. The number of nitrogens with one attached hydrogen (secondary N) is 3. The Kier molecular flexibility index (Phi) is 7.44. The van der Waals surface area contributed by atoms with Crippen molar-refractivity contribution in [2.45, 2.75) is 32.5 Å². The molecule has 1 aromatic heterocycles.